The van der Waals surface area contributed by atoms with Crippen molar-refractivity contribution in [2.75, 3.05) is 0 Å². The molecular formula is C13H11ClN4OS. The van der Waals surface area contributed by atoms with Crippen LogP contribution in [-0.2, 0) is 6.42 Å². The van der Waals surface area contributed by atoms with Crippen LogP contribution in [0.25, 0.3) is 0 Å². The highest BCUT2D eigenvalue weighted by Gasteiger charge is 2.35. The number of fused-ring (bicyclic) bond motifs is 1. The fourth-order valence-corrected chi connectivity index (χ4v) is 3.53. The molecule has 2 aromatic heterocycles. The molecule has 3 rings (SSSR count). The van der Waals surface area contributed by atoms with E-state index in [1.807, 2.05) is 19.1 Å². The molecule has 5 nitrogen and oxygen atoms in total. The van der Waals surface area contributed by atoms with E-state index in [0.717, 1.165) is 22.6 Å². The van der Waals surface area contributed by atoms with E-state index in [9.17, 15) is 5.26 Å². The Bertz CT molecular complexity index is 740. The number of halogens is 1. The molecule has 7 heteroatoms. The van der Waals surface area contributed by atoms with Crippen LogP contribution in [0.3, 0.4) is 0 Å². The van der Waals surface area contributed by atoms with Crippen LogP contribution >= 0.6 is 22.9 Å². The number of aromatic nitrogens is 2. The lowest BCUT2D eigenvalue weighted by atomic mass is 9.88. The minimum Gasteiger partial charge on any atom is -0.420 e. The van der Waals surface area contributed by atoms with Gasteiger partial charge in [-0.15, -0.1) is 16.4 Å². The molecule has 1 aliphatic rings. The number of thiophene rings is 1. The predicted molar refractivity (Wildman–Crippen MR) is 76.6 cm³/mol. The van der Waals surface area contributed by atoms with Gasteiger partial charge in [0.2, 0.25) is 11.8 Å². The molecule has 3 N–H and O–H groups in total. The number of nitrogens with two attached hydrogens (primary N) is 1. The largest absolute Gasteiger partial charge is 0.420 e. The summed E-state index contributed by atoms with van der Waals surface area (Å²) in [6.07, 6.45) is 0.764. The summed E-state index contributed by atoms with van der Waals surface area (Å²) in [5, 5.41) is 16.5. The topological polar surface area (TPSA) is 87.7 Å². The van der Waals surface area contributed by atoms with Crippen LogP contribution in [0.2, 0.25) is 4.34 Å². The Balaban J connectivity index is 2.23. The van der Waals surface area contributed by atoms with Crippen molar-refractivity contribution in [2.24, 2.45) is 5.73 Å². The summed E-state index contributed by atoms with van der Waals surface area (Å²) in [4.78, 5) is 0.954. The fraction of sp³-hybridized carbons (Fsp3) is 0.231. The van der Waals surface area contributed by atoms with Crippen LogP contribution in [0.15, 0.2) is 23.6 Å². The van der Waals surface area contributed by atoms with Gasteiger partial charge in [0.15, 0.2) is 0 Å². The first-order valence-electron chi connectivity index (χ1n) is 6.05. The second kappa shape index (κ2) is 4.85. The second-order valence-corrected chi connectivity index (χ2v) is 6.09. The number of nitriles is 1. The third-order valence-corrected chi connectivity index (χ3v) is 4.55. The molecule has 2 aromatic rings. The first kappa shape index (κ1) is 13.0. The van der Waals surface area contributed by atoms with Crippen molar-refractivity contribution in [3.05, 3.63) is 44.1 Å². The van der Waals surface area contributed by atoms with E-state index in [1.165, 1.54) is 11.3 Å². The lowest BCUT2D eigenvalue weighted by Crippen LogP contribution is -2.20. The number of rotatable bonds is 2. The molecule has 1 atom stereocenters. The van der Waals surface area contributed by atoms with Crippen LogP contribution in [0.4, 0.5) is 0 Å². The number of aromatic amines is 1. The summed E-state index contributed by atoms with van der Waals surface area (Å²) in [5.74, 6) is 0.270. The van der Waals surface area contributed by atoms with Gasteiger partial charge in [-0.2, -0.15) is 5.26 Å². The van der Waals surface area contributed by atoms with Gasteiger partial charge in [0.1, 0.15) is 11.6 Å². The second-order valence-electron chi connectivity index (χ2n) is 4.34. The number of allylic oxidation sites excluding steroid dienone is 1. The van der Waals surface area contributed by atoms with E-state index in [0.29, 0.717) is 15.8 Å². The maximum absolute atomic E-state index is 9.40. The molecule has 3 heterocycles. The lowest BCUT2D eigenvalue weighted by molar-refractivity contribution is 0.379. The van der Waals surface area contributed by atoms with E-state index in [-0.39, 0.29) is 11.8 Å². The number of hydrogen-bond acceptors (Lipinski definition) is 5. The normalized spacial score (nSPS) is 17.6. The highest BCUT2D eigenvalue weighted by Crippen LogP contribution is 2.45. The average molecular weight is 307 g/mol. The van der Waals surface area contributed by atoms with Gasteiger partial charge in [0.05, 0.1) is 15.8 Å². The molecular weight excluding hydrogens is 296 g/mol. The fourth-order valence-electron chi connectivity index (χ4n) is 2.35. The number of aryl methyl sites for hydroxylation is 1. The summed E-state index contributed by atoms with van der Waals surface area (Å²) < 4.78 is 6.11. The number of ether oxygens (including phenoxy) is 1. The molecule has 0 saturated heterocycles. The van der Waals surface area contributed by atoms with E-state index in [4.69, 9.17) is 22.1 Å². The van der Waals surface area contributed by atoms with Crippen LogP contribution in [-0.4, -0.2) is 10.2 Å². The molecule has 0 saturated carbocycles. The Morgan fingerprint density at radius 1 is 1.60 bits per heavy atom. The number of nitrogens with zero attached hydrogens (tertiary/aromatic N) is 2. The molecule has 1 aliphatic heterocycles. The van der Waals surface area contributed by atoms with Gasteiger partial charge in [-0.25, -0.2) is 0 Å². The van der Waals surface area contributed by atoms with E-state index in [2.05, 4.69) is 16.3 Å². The lowest BCUT2D eigenvalue weighted by Gasteiger charge is -2.22. The van der Waals surface area contributed by atoms with E-state index < -0.39 is 0 Å². The summed E-state index contributed by atoms with van der Waals surface area (Å²) in [7, 11) is 0. The minimum absolute atomic E-state index is 0.101. The molecule has 0 aliphatic carbocycles. The summed E-state index contributed by atoms with van der Waals surface area (Å²) in [6, 6.07) is 5.86. The number of H-pyrrole nitrogens is 1. The van der Waals surface area contributed by atoms with Crippen molar-refractivity contribution in [2.45, 2.75) is 19.3 Å². The standard InChI is InChI=1S/C13H11ClN4OS/c1-2-7-11-10(8-3-4-9(14)20-8)6(5-15)12(16)19-13(11)18-17-7/h3-4,10H,2,16H2,1H3,(H,17,18). The van der Waals surface area contributed by atoms with Crippen molar-refractivity contribution >= 4 is 22.9 Å². The van der Waals surface area contributed by atoms with Crippen molar-refractivity contribution in [3.63, 3.8) is 0 Å². The first-order chi connectivity index (χ1) is 9.65. The molecule has 0 aromatic carbocycles. The summed E-state index contributed by atoms with van der Waals surface area (Å²) in [6.45, 7) is 2.01. The zero-order valence-electron chi connectivity index (χ0n) is 10.6. The van der Waals surface area contributed by atoms with Crippen LogP contribution in [0, 0.1) is 11.3 Å². The molecule has 1 unspecified atom stereocenters. The van der Waals surface area contributed by atoms with E-state index in [1.54, 1.807) is 0 Å². The minimum atomic E-state index is -0.269. The monoisotopic (exact) mass is 306 g/mol. The first-order valence-corrected chi connectivity index (χ1v) is 7.25. The van der Waals surface area contributed by atoms with Crippen molar-refractivity contribution in [1.29, 1.82) is 5.26 Å². The quantitative estimate of drug-likeness (QED) is 0.893. The van der Waals surface area contributed by atoms with Gasteiger partial charge < -0.3 is 10.5 Å². The maximum Gasteiger partial charge on any atom is 0.244 e. The Kier molecular flexibility index (Phi) is 3.16. The van der Waals surface area contributed by atoms with Gasteiger partial charge >= 0.3 is 0 Å². The van der Waals surface area contributed by atoms with Crippen molar-refractivity contribution in [1.82, 2.24) is 10.2 Å². The third-order valence-electron chi connectivity index (χ3n) is 3.25. The Hall–Kier alpha value is -1.97. The van der Waals surface area contributed by atoms with Gasteiger partial charge in [-0.3, -0.25) is 5.10 Å². The molecule has 0 amide bonds. The summed E-state index contributed by atoms with van der Waals surface area (Å²) in [5.41, 5.74) is 8.05. The van der Waals surface area contributed by atoms with E-state index >= 15 is 0 Å². The van der Waals surface area contributed by atoms with Crippen LogP contribution in [0.1, 0.15) is 29.0 Å². The SMILES string of the molecule is CCc1[nH]nc2c1C(c1ccc(Cl)s1)C(C#N)=C(N)O2. The van der Waals surface area contributed by atoms with Gasteiger partial charge in [0.25, 0.3) is 0 Å². The van der Waals surface area contributed by atoms with Crippen LogP contribution < -0.4 is 10.5 Å². The van der Waals surface area contributed by atoms with Gasteiger partial charge in [0, 0.05) is 10.6 Å². The zero-order chi connectivity index (χ0) is 14.3. The number of hydrogen-bond donors (Lipinski definition) is 2. The number of nitrogens with one attached hydrogen (secondary N) is 1. The third kappa shape index (κ3) is 1.87. The smallest absolute Gasteiger partial charge is 0.244 e. The van der Waals surface area contributed by atoms with Crippen LogP contribution in [0.5, 0.6) is 5.88 Å². The molecule has 20 heavy (non-hydrogen) atoms. The Morgan fingerprint density at radius 3 is 3.00 bits per heavy atom. The van der Waals surface area contributed by atoms with Gasteiger partial charge in [-0.05, 0) is 18.6 Å². The summed E-state index contributed by atoms with van der Waals surface area (Å²) >= 11 is 7.44. The molecule has 0 radical (unpaired) electrons. The average Bonchev–Trinajstić information content (AvgIpc) is 3.03. The predicted octanol–water partition coefficient (Wildman–Crippen LogP) is 2.91. The Labute approximate surface area is 124 Å². The molecule has 0 bridgehead atoms. The highest BCUT2D eigenvalue weighted by atomic mass is 35.5. The zero-order valence-corrected chi connectivity index (χ0v) is 12.2. The highest BCUT2D eigenvalue weighted by molar-refractivity contribution is 7.16. The maximum atomic E-state index is 9.40. The molecule has 0 fully saturated rings. The molecule has 0 spiro atoms. The Morgan fingerprint density at radius 2 is 2.40 bits per heavy atom. The van der Waals surface area contributed by atoms with Crippen molar-refractivity contribution < 1.29 is 4.74 Å². The molecule has 102 valence electrons. The van der Waals surface area contributed by atoms with Gasteiger partial charge in [-0.1, -0.05) is 18.5 Å². The van der Waals surface area contributed by atoms with Crippen molar-refractivity contribution in [3.8, 4) is 11.9 Å².